The third-order valence-corrected chi connectivity index (χ3v) is 5.15. The monoisotopic (exact) mass is 380 g/mol. The molecular weight excluding hydrogens is 348 g/mol. The minimum Gasteiger partial charge on any atom is -0.493 e. The predicted octanol–water partition coefficient (Wildman–Crippen LogP) is 3.60. The van der Waals surface area contributed by atoms with Crippen molar-refractivity contribution in [2.24, 2.45) is 4.99 Å². The van der Waals surface area contributed by atoms with E-state index in [1.807, 2.05) is 25.2 Å². The molecule has 2 aromatic carbocycles. The van der Waals surface area contributed by atoms with Gasteiger partial charge in [0.05, 0.1) is 6.61 Å². The van der Waals surface area contributed by atoms with Crippen molar-refractivity contribution in [1.29, 1.82) is 0 Å². The molecule has 0 aliphatic carbocycles. The molecule has 28 heavy (non-hydrogen) atoms. The number of aliphatic imine (C=N–C) groups is 1. The highest BCUT2D eigenvalue weighted by Crippen LogP contribution is 2.19. The smallest absolute Gasteiger partial charge is 0.191 e. The third-order valence-electron chi connectivity index (χ3n) is 5.15. The number of hydrogen-bond donors (Lipinski definition) is 2. The van der Waals surface area contributed by atoms with Gasteiger partial charge in [-0.2, -0.15) is 0 Å². The number of nitrogens with one attached hydrogen (secondary N) is 2. The Morgan fingerprint density at radius 2 is 1.79 bits per heavy atom. The zero-order valence-electron chi connectivity index (χ0n) is 17.0. The predicted molar refractivity (Wildman–Crippen MR) is 117 cm³/mol. The maximum Gasteiger partial charge on any atom is 0.191 e. The van der Waals surface area contributed by atoms with Crippen LogP contribution in [0.25, 0.3) is 0 Å². The van der Waals surface area contributed by atoms with Crippen LogP contribution >= 0.6 is 0 Å². The van der Waals surface area contributed by atoms with Crippen molar-refractivity contribution in [1.82, 2.24) is 10.6 Å². The summed E-state index contributed by atoms with van der Waals surface area (Å²) >= 11 is 0. The fourth-order valence-electron chi connectivity index (χ4n) is 3.49. The summed E-state index contributed by atoms with van der Waals surface area (Å²) in [6.45, 7) is 5.76. The summed E-state index contributed by atoms with van der Waals surface area (Å²) in [7, 11) is 1.83. The maximum atomic E-state index is 5.85. The highest BCUT2D eigenvalue weighted by atomic mass is 16.5. The Kier molecular flexibility index (Phi) is 7.59. The average Bonchev–Trinajstić information content (AvgIpc) is 2.75. The summed E-state index contributed by atoms with van der Waals surface area (Å²) < 4.78 is 5.85. The fraction of sp³-hybridized carbons (Fsp3) is 0.435. The van der Waals surface area contributed by atoms with E-state index in [1.165, 1.54) is 11.3 Å². The van der Waals surface area contributed by atoms with Crippen molar-refractivity contribution in [2.75, 3.05) is 38.2 Å². The van der Waals surface area contributed by atoms with Gasteiger partial charge in [0, 0.05) is 38.4 Å². The normalized spacial score (nSPS) is 15.4. The van der Waals surface area contributed by atoms with E-state index in [0.29, 0.717) is 12.6 Å². The second kappa shape index (κ2) is 10.6. The number of para-hydroxylation sites is 2. The molecule has 1 fully saturated rings. The molecule has 0 spiro atoms. The number of ether oxygens (including phenoxy) is 1. The van der Waals surface area contributed by atoms with Crippen molar-refractivity contribution in [3.05, 3.63) is 60.2 Å². The Labute approximate surface area is 168 Å². The zero-order chi connectivity index (χ0) is 19.6. The number of piperidine rings is 1. The van der Waals surface area contributed by atoms with Crippen LogP contribution in [-0.4, -0.2) is 45.3 Å². The highest BCUT2D eigenvalue weighted by Gasteiger charge is 2.20. The fourth-order valence-corrected chi connectivity index (χ4v) is 3.49. The van der Waals surface area contributed by atoms with E-state index < -0.39 is 0 Å². The van der Waals surface area contributed by atoms with Crippen LogP contribution in [0, 0.1) is 6.92 Å². The number of nitrogens with zero attached hydrogens (tertiary/aromatic N) is 2. The van der Waals surface area contributed by atoms with Gasteiger partial charge in [-0.3, -0.25) is 4.99 Å². The molecule has 0 aromatic heterocycles. The van der Waals surface area contributed by atoms with Crippen molar-refractivity contribution >= 4 is 11.6 Å². The lowest BCUT2D eigenvalue weighted by Gasteiger charge is -2.34. The lowest BCUT2D eigenvalue weighted by Crippen LogP contribution is -2.49. The lowest BCUT2D eigenvalue weighted by atomic mass is 10.0. The molecule has 0 unspecified atom stereocenters. The molecule has 1 heterocycles. The first-order chi connectivity index (χ1) is 13.8. The molecule has 150 valence electrons. The molecule has 5 heteroatoms. The number of anilines is 1. The molecule has 2 N–H and O–H groups in total. The minimum absolute atomic E-state index is 0.467. The van der Waals surface area contributed by atoms with Crippen LogP contribution < -0.4 is 20.3 Å². The van der Waals surface area contributed by atoms with Gasteiger partial charge in [0.15, 0.2) is 5.96 Å². The SMILES string of the molecule is CN=C(NCCCOc1ccccc1C)NC1CCN(c2ccccc2)CC1. The Hall–Kier alpha value is -2.69. The van der Waals surface area contributed by atoms with E-state index in [1.54, 1.807) is 0 Å². The highest BCUT2D eigenvalue weighted by molar-refractivity contribution is 5.79. The number of guanidine groups is 1. The molecule has 0 amide bonds. The van der Waals surface area contributed by atoms with Crippen LogP contribution in [0.2, 0.25) is 0 Å². The van der Waals surface area contributed by atoms with Crippen molar-refractivity contribution in [2.45, 2.75) is 32.2 Å². The van der Waals surface area contributed by atoms with Crippen LogP contribution in [0.15, 0.2) is 59.6 Å². The second-order valence-corrected chi connectivity index (χ2v) is 7.21. The van der Waals surface area contributed by atoms with Gasteiger partial charge in [0.2, 0.25) is 0 Å². The molecule has 1 aliphatic heterocycles. The minimum atomic E-state index is 0.467. The second-order valence-electron chi connectivity index (χ2n) is 7.21. The summed E-state index contributed by atoms with van der Waals surface area (Å²) in [4.78, 5) is 6.82. The van der Waals surface area contributed by atoms with E-state index in [9.17, 15) is 0 Å². The van der Waals surface area contributed by atoms with Gasteiger partial charge < -0.3 is 20.3 Å². The Bertz CT molecular complexity index is 739. The average molecular weight is 381 g/mol. The van der Waals surface area contributed by atoms with Gasteiger partial charge in [-0.25, -0.2) is 0 Å². The molecule has 5 nitrogen and oxygen atoms in total. The Balaban J connectivity index is 1.33. The van der Waals surface area contributed by atoms with E-state index >= 15 is 0 Å². The van der Waals surface area contributed by atoms with E-state index in [4.69, 9.17) is 4.74 Å². The summed E-state index contributed by atoms with van der Waals surface area (Å²) in [5, 5.41) is 6.97. The summed E-state index contributed by atoms with van der Waals surface area (Å²) in [6, 6.07) is 19.3. The van der Waals surface area contributed by atoms with Gasteiger partial charge in [-0.15, -0.1) is 0 Å². The standard InChI is InChI=1S/C23H32N4O/c1-19-9-6-7-12-22(19)28-18-8-15-25-23(24-2)26-20-13-16-27(17-14-20)21-10-4-3-5-11-21/h3-7,9-12,20H,8,13-18H2,1-2H3,(H2,24,25,26). The van der Waals surface area contributed by atoms with Crippen LogP contribution in [0.4, 0.5) is 5.69 Å². The maximum absolute atomic E-state index is 5.85. The quantitative estimate of drug-likeness (QED) is 0.438. The lowest BCUT2D eigenvalue weighted by molar-refractivity contribution is 0.309. The molecule has 0 saturated carbocycles. The first kappa shape index (κ1) is 20.1. The van der Waals surface area contributed by atoms with Crippen molar-refractivity contribution in [3.8, 4) is 5.75 Å². The van der Waals surface area contributed by atoms with Gasteiger partial charge >= 0.3 is 0 Å². The largest absolute Gasteiger partial charge is 0.493 e. The Morgan fingerprint density at radius 3 is 2.50 bits per heavy atom. The molecular formula is C23H32N4O. The van der Waals surface area contributed by atoms with Crippen LogP contribution in [0.3, 0.4) is 0 Å². The molecule has 1 aliphatic rings. The topological polar surface area (TPSA) is 48.9 Å². The van der Waals surface area contributed by atoms with Crippen LogP contribution in [-0.2, 0) is 0 Å². The zero-order valence-corrected chi connectivity index (χ0v) is 17.0. The van der Waals surface area contributed by atoms with Gasteiger partial charge in [-0.1, -0.05) is 36.4 Å². The number of hydrogen-bond acceptors (Lipinski definition) is 3. The van der Waals surface area contributed by atoms with E-state index in [2.05, 4.69) is 63.8 Å². The van der Waals surface area contributed by atoms with Gasteiger partial charge in [-0.05, 0) is 49.9 Å². The molecule has 0 radical (unpaired) electrons. The third kappa shape index (κ3) is 5.91. The number of benzene rings is 2. The van der Waals surface area contributed by atoms with Crippen LogP contribution in [0.1, 0.15) is 24.8 Å². The molecule has 0 bridgehead atoms. The number of rotatable bonds is 7. The van der Waals surface area contributed by atoms with E-state index in [-0.39, 0.29) is 0 Å². The molecule has 3 rings (SSSR count). The first-order valence-electron chi connectivity index (χ1n) is 10.2. The van der Waals surface area contributed by atoms with Gasteiger partial charge in [0.1, 0.15) is 5.75 Å². The summed E-state index contributed by atoms with van der Waals surface area (Å²) in [5.74, 6) is 1.85. The van der Waals surface area contributed by atoms with E-state index in [0.717, 1.165) is 50.6 Å². The molecule has 0 atom stereocenters. The molecule has 2 aromatic rings. The van der Waals surface area contributed by atoms with Crippen molar-refractivity contribution < 1.29 is 4.74 Å². The summed E-state index contributed by atoms with van der Waals surface area (Å²) in [6.07, 6.45) is 3.17. The number of aryl methyl sites for hydroxylation is 1. The van der Waals surface area contributed by atoms with Crippen LogP contribution in [0.5, 0.6) is 5.75 Å². The van der Waals surface area contributed by atoms with Gasteiger partial charge in [0.25, 0.3) is 0 Å². The summed E-state index contributed by atoms with van der Waals surface area (Å²) in [5.41, 5.74) is 2.49. The van der Waals surface area contributed by atoms with Crippen molar-refractivity contribution in [3.63, 3.8) is 0 Å². The first-order valence-corrected chi connectivity index (χ1v) is 10.2. The Morgan fingerprint density at radius 1 is 1.07 bits per heavy atom. The molecule has 1 saturated heterocycles.